The molecule has 0 fully saturated rings. The maximum absolute atomic E-state index is 13.5. The van der Waals surface area contributed by atoms with Crippen molar-refractivity contribution in [1.82, 2.24) is 9.97 Å². The molecule has 0 saturated carbocycles. The van der Waals surface area contributed by atoms with E-state index >= 15 is 0 Å². The third-order valence-electron chi connectivity index (χ3n) is 3.92. The van der Waals surface area contributed by atoms with Crippen LogP contribution >= 0.6 is 23.4 Å². The Morgan fingerprint density at radius 3 is 2.43 bits per heavy atom. The Hall–Kier alpha value is -1.73. The lowest BCUT2D eigenvalue weighted by atomic mass is 10.2. The second-order valence-corrected chi connectivity index (χ2v) is 9.70. The molecule has 2 aromatic rings. The Kier molecular flexibility index (Phi) is 8.19. The first-order valence-electron chi connectivity index (χ1n) is 9.41. The number of hydrogen-bond acceptors (Lipinski definition) is 6. The van der Waals surface area contributed by atoms with Crippen molar-refractivity contribution in [1.29, 1.82) is 0 Å². The van der Waals surface area contributed by atoms with Gasteiger partial charge in [0.2, 0.25) is 0 Å². The fourth-order valence-corrected chi connectivity index (χ4v) is 3.43. The van der Waals surface area contributed by atoms with E-state index in [4.69, 9.17) is 17.3 Å². The lowest BCUT2D eigenvalue weighted by Gasteiger charge is -2.19. The van der Waals surface area contributed by atoms with E-state index in [2.05, 4.69) is 41.4 Å². The van der Waals surface area contributed by atoms with Crippen molar-refractivity contribution in [3.8, 4) is 0 Å². The molecule has 1 atom stereocenters. The van der Waals surface area contributed by atoms with Gasteiger partial charge in [0, 0.05) is 22.9 Å². The van der Waals surface area contributed by atoms with Gasteiger partial charge in [0.1, 0.15) is 11.9 Å². The average molecular weight is 426 g/mol. The smallest absolute Gasteiger partial charge is 0.192 e. The van der Waals surface area contributed by atoms with Crippen molar-refractivity contribution in [2.24, 2.45) is 0 Å². The summed E-state index contributed by atoms with van der Waals surface area (Å²) in [6.45, 7) is 9.06. The molecular weight excluding hydrogens is 397 g/mol. The summed E-state index contributed by atoms with van der Waals surface area (Å²) in [5.41, 5.74) is 7.64. The summed E-state index contributed by atoms with van der Waals surface area (Å²) < 4.78 is 13.5. The topological polar surface area (TPSA) is 75.9 Å². The number of benzene rings is 1. The Balaban J connectivity index is 2.22. The first-order chi connectivity index (χ1) is 13.2. The third-order valence-corrected chi connectivity index (χ3v) is 5.27. The largest absolute Gasteiger partial charge is 0.393 e. The molecular formula is C20H29ClFN5S. The zero-order chi connectivity index (χ0) is 20.7. The van der Waals surface area contributed by atoms with Crippen LogP contribution in [0.15, 0.2) is 29.4 Å². The maximum Gasteiger partial charge on any atom is 0.192 e. The molecule has 0 aliphatic heterocycles. The first kappa shape index (κ1) is 22.6. The number of halogens is 2. The average Bonchev–Trinajstić information content (AvgIpc) is 2.62. The van der Waals surface area contributed by atoms with Gasteiger partial charge in [-0.1, -0.05) is 69.3 Å². The number of hydrogen-bond donors (Lipinski definition) is 3. The van der Waals surface area contributed by atoms with Gasteiger partial charge in [0.25, 0.3) is 0 Å². The van der Waals surface area contributed by atoms with Crippen molar-refractivity contribution in [2.45, 2.75) is 63.2 Å². The lowest BCUT2D eigenvalue weighted by molar-refractivity contribution is 0.312. The number of thioether (sulfide) groups is 1. The first-order valence-corrected chi connectivity index (χ1v) is 10.6. The van der Waals surface area contributed by atoms with Crippen LogP contribution in [0.4, 0.5) is 21.7 Å². The van der Waals surface area contributed by atoms with Gasteiger partial charge in [-0.15, -0.1) is 0 Å². The van der Waals surface area contributed by atoms with Gasteiger partial charge in [0.05, 0.1) is 0 Å². The predicted molar refractivity (Wildman–Crippen MR) is 119 cm³/mol. The molecule has 4 N–H and O–H groups in total. The van der Waals surface area contributed by atoms with Crippen LogP contribution in [0.1, 0.15) is 46.1 Å². The van der Waals surface area contributed by atoms with Crippen molar-refractivity contribution in [3.63, 3.8) is 0 Å². The second kappa shape index (κ2) is 10.2. The monoisotopic (exact) mass is 425 g/mol. The highest BCUT2D eigenvalue weighted by Crippen LogP contribution is 2.34. The minimum atomic E-state index is -0.836. The number of rotatable bonds is 9. The number of nitrogens with two attached hydrogens (primary N) is 1. The highest BCUT2D eigenvalue weighted by molar-refractivity contribution is 8.00. The van der Waals surface area contributed by atoms with Crippen molar-refractivity contribution < 1.29 is 4.39 Å². The molecule has 1 aromatic carbocycles. The molecule has 0 bridgehead atoms. The van der Waals surface area contributed by atoms with Gasteiger partial charge in [-0.05, 0) is 24.5 Å². The minimum absolute atomic E-state index is 0.0559. The van der Waals surface area contributed by atoms with E-state index in [1.165, 1.54) is 0 Å². The molecule has 2 rings (SSSR count). The lowest BCUT2D eigenvalue weighted by Crippen LogP contribution is -2.15. The Morgan fingerprint density at radius 2 is 1.82 bits per heavy atom. The van der Waals surface area contributed by atoms with Crippen LogP contribution in [0.25, 0.3) is 0 Å². The number of nitrogens with one attached hydrogen (secondary N) is 2. The summed E-state index contributed by atoms with van der Waals surface area (Å²) in [5, 5.41) is 7.71. The van der Waals surface area contributed by atoms with Crippen molar-refractivity contribution in [2.75, 3.05) is 22.9 Å². The van der Waals surface area contributed by atoms with E-state index in [0.717, 1.165) is 5.56 Å². The molecule has 0 radical (unpaired) electrons. The van der Waals surface area contributed by atoms with Crippen LogP contribution in [-0.2, 0) is 6.54 Å². The summed E-state index contributed by atoms with van der Waals surface area (Å²) >= 11 is 7.78. The summed E-state index contributed by atoms with van der Waals surface area (Å²) in [4.78, 5) is 9.12. The van der Waals surface area contributed by atoms with Gasteiger partial charge in [-0.3, -0.25) is 0 Å². The van der Waals surface area contributed by atoms with Crippen molar-refractivity contribution >= 4 is 40.7 Å². The van der Waals surface area contributed by atoms with Crippen molar-refractivity contribution in [3.05, 3.63) is 34.9 Å². The molecule has 5 nitrogen and oxygen atoms in total. The molecule has 0 amide bonds. The van der Waals surface area contributed by atoms with Crippen LogP contribution in [0, 0.1) is 0 Å². The minimum Gasteiger partial charge on any atom is -0.393 e. The van der Waals surface area contributed by atoms with Crippen LogP contribution in [0.5, 0.6) is 0 Å². The van der Waals surface area contributed by atoms with E-state index in [1.807, 2.05) is 31.2 Å². The molecule has 0 saturated heterocycles. The van der Waals surface area contributed by atoms with E-state index < -0.39 is 6.17 Å². The molecule has 0 spiro atoms. The molecule has 0 aliphatic rings. The molecule has 1 unspecified atom stereocenters. The van der Waals surface area contributed by atoms with Crippen LogP contribution in [0.2, 0.25) is 5.02 Å². The zero-order valence-electron chi connectivity index (χ0n) is 16.9. The molecule has 1 heterocycles. The highest BCUT2D eigenvalue weighted by atomic mass is 35.5. The van der Waals surface area contributed by atoms with Gasteiger partial charge < -0.3 is 16.4 Å². The van der Waals surface area contributed by atoms with E-state index in [9.17, 15) is 4.39 Å². The number of nitrogen functional groups attached to an aromatic ring is 1. The fraction of sp³-hybridized carbons (Fsp3) is 0.500. The number of aromatic nitrogens is 2. The second-order valence-electron chi connectivity index (χ2n) is 7.50. The number of nitrogens with zero attached hydrogens (tertiary/aromatic N) is 2. The molecule has 28 heavy (non-hydrogen) atoms. The highest BCUT2D eigenvalue weighted by Gasteiger charge is 2.18. The van der Waals surface area contributed by atoms with Crippen LogP contribution in [-0.4, -0.2) is 27.4 Å². The number of anilines is 3. The predicted octanol–water partition coefficient (Wildman–Crippen LogP) is 5.77. The standard InChI is InChI=1S/C20H29ClFN5S/c1-5-14(22)10-11-24-17-16(23)18(27-19(26-17)28-20(2,3)4)25-12-13-8-6-7-9-15(13)21/h6-9,14H,5,10-12,23H2,1-4H3,(H2,24,25,26,27). The number of alkyl halides is 1. The normalized spacial score (nSPS) is 12.6. The zero-order valence-corrected chi connectivity index (χ0v) is 18.4. The quantitative estimate of drug-likeness (QED) is 0.350. The SMILES string of the molecule is CCC(F)CCNc1nc(SC(C)(C)C)nc(NCc2ccccc2Cl)c1N. The maximum atomic E-state index is 13.5. The van der Waals surface area contributed by atoms with Crippen LogP contribution in [0.3, 0.4) is 0 Å². The van der Waals surface area contributed by atoms with E-state index in [-0.39, 0.29) is 4.75 Å². The molecule has 8 heteroatoms. The summed E-state index contributed by atoms with van der Waals surface area (Å²) in [6, 6.07) is 7.61. The molecule has 154 valence electrons. The summed E-state index contributed by atoms with van der Waals surface area (Å²) in [7, 11) is 0. The summed E-state index contributed by atoms with van der Waals surface area (Å²) in [6.07, 6.45) is 0.0673. The Morgan fingerprint density at radius 1 is 1.18 bits per heavy atom. The van der Waals surface area contributed by atoms with Gasteiger partial charge in [-0.25, -0.2) is 14.4 Å². The van der Waals surface area contributed by atoms with Gasteiger partial charge in [0.15, 0.2) is 16.8 Å². The summed E-state index contributed by atoms with van der Waals surface area (Å²) in [5.74, 6) is 1.06. The van der Waals surface area contributed by atoms with Gasteiger partial charge >= 0.3 is 0 Å². The fourth-order valence-electron chi connectivity index (χ4n) is 2.41. The molecule has 0 aliphatic carbocycles. The van der Waals surface area contributed by atoms with Crippen LogP contribution < -0.4 is 16.4 Å². The Bertz CT molecular complexity index is 782. The van der Waals surface area contributed by atoms with E-state index in [1.54, 1.807) is 11.8 Å². The van der Waals surface area contributed by atoms with Gasteiger partial charge in [-0.2, -0.15) is 0 Å². The third kappa shape index (κ3) is 7.02. The van der Waals surface area contributed by atoms with E-state index in [0.29, 0.717) is 53.4 Å². The molecule has 1 aromatic heterocycles. The Labute approximate surface area is 176 Å².